The monoisotopic (exact) mass is 367 g/mol. The summed E-state index contributed by atoms with van der Waals surface area (Å²) in [5.41, 5.74) is 1.63. The third-order valence-electron chi connectivity index (χ3n) is 4.84. The molecular weight excluding hydrogens is 340 g/mol. The van der Waals surface area contributed by atoms with E-state index in [0.29, 0.717) is 17.1 Å². The summed E-state index contributed by atoms with van der Waals surface area (Å²) in [6.45, 7) is 6.11. The van der Waals surface area contributed by atoms with E-state index in [4.69, 9.17) is 9.47 Å². The van der Waals surface area contributed by atoms with Gasteiger partial charge in [0.05, 0.1) is 12.7 Å². The Bertz CT molecular complexity index is 648. The van der Waals surface area contributed by atoms with Crippen LogP contribution in [0.2, 0.25) is 0 Å². The zero-order chi connectivity index (χ0) is 18.0. The molecule has 1 aliphatic carbocycles. The molecular formula is C18H27N2O4S+. The van der Waals surface area contributed by atoms with Gasteiger partial charge in [-0.1, -0.05) is 0 Å². The van der Waals surface area contributed by atoms with Crippen molar-refractivity contribution in [2.24, 2.45) is 0 Å². The van der Waals surface area contributed by atoms with Gasteiger partial charge in [-0.05, 0) is 45.1 Å². The number of hydrogen-bond acceptors (Lipinski definition) is 5. The smallest absolute Gasteiger partial charge is 0.341 e. The molecule has 0 spiro atoms. The SMILES string of the molecule is COC(=O)c1c(NC(=O)C[NH+]2C[C@H](C)O[C@@H](C)C2)sc2c1CCCC2. The van der Waals surface area contributed by atoms with Crippen LogP contribution in [0.3, 0.4) is 0 Å². The average Bonchev–Trinajstić information content (AvgIpc) is 2.90. The van der Waals surface area contributed by atoms with Gasteiger partial charge in [-0.15, -0.1) is 11.3 Å². The highest BCUT2D eigenvalue weighted by Crippen LogP contribution is 2.38. The van der Waals surface area contributed by atoms with Crippen LogP contribution in [0.25, 0.3) is 0 Å². The number of fused-ring (bicyclic) bond motifs is 1. The minimum absolute atomic E-state index is 0.0555. The third-order valence-corrected chi connectivity index (χ3v) is 6.05. The van der Waals surface area contributed by atoms with Gasteiger partial charge >= 0.3 is 5.97 Å². The molecule has 1 aromatic rings. The zero-order valence-corrected chi connectivity index (χ0v) is 16.0. The number of aryl methyl sites for hydroxylation is 1. The molecule has 2 N–H and O–H groups in total. The van der Waals surface area contributed by atoms with Gasteiger partial charge in [0.2, 0.25) is 0 Å². The Morgan fingerprint density at radius 1 is 1.24 bits per heavy atom. The molecule has 1 saturated heterocycles. The molecule has 138 valence electrons. The minimum Gasteiger partial charge on any atom is -0.465 e. The molecule has 2 heterocycles. The molecule has 0 bridgehead atoms. The number of carbonyl (C=O) groups excluding carboxylic acids is 2. The standard InChI is InChI=1S/C18H26N2O4S/c1-11-8-20(9-12(2)24-11)10-15(21)19-17-16(18(22)23-3)13-6-4-5-7-14(13)25-17/h11-12H,4-10H2,1-3H3,(H,19,21)/p+1/t11-,12-/m0/s1. The van der Waals surface area contributed by atoms with Gasteiger partial charge in [0, 0.05) is 4.88 Å². The van der Waals surface area contributed by atoms with Crippen molar-refractivity contribution in [3.8, 4) is 0 Å². The fraction of sp³-hybridized carbons (Fsp3) is 0.667. The summed E-state index contributed by atoms with van der Waals surface area (Å²) < 4.78 is 10.7. The second kappa shape index (κ2) is 7.85. The molecule has 0 unspecified atom stereocenters. The van der Waals surface area contributed by atoms with Crippen LogP contribution in [0, 0.1) is 0 Å². The molecule has 25 heavy (non-hydrogen) atoms. The van der Waals surface area contributed by atoms with E-state index >= 15 is 0 Å². The van der Waals surface area contributed by atoms with Gasteiger partial charge in [0.25, 0.3) is 5.91 Å². The summed E-state index contributed by atoms with van der Waals surface area (Å²) in [5, 5.41) is 3.63. The molecule has 6 nitrogen and oxygen atoms in total. The fourth-order valence-electron chi connectivity index (χ4n) is 3.90. The summed E-state index contributed by atoms with van der Waals surface area (Å²) in [4.78, 5) is 27.2. The number of anilines is 1. The Morgan fingerprint density at radius 2 is 1.92 bits per heavy atom. The number of carbonyl (C=O) groups is 2. The highest BCUT2D eigenvalue weighted by Gasteiger charge is 2.30. The fourth-order valence-corrected chi connectivity index (χ4v) is 5.20. The normalized spacial score (nSPS) is 26.0. The molecule has 3 rings (SSSR count). The number of ether oxygens (including phenoxy) is 2. The third kappa shape index (κ3) is 4.22. The van der Waals surface area contributed by atoms with Gasteiger partial charge in [0.15, 0.2) is 6.54 Å². The van der Waals surface area contributed by atoms with E-state index in [9.17, 15) is 9.59 Å². The Labute approximate surface area is 152 Å². The number of quaternary nitrogens is 1. The molecule has 0 radical (unpaired) electrons. The average molecular weight is 367 g/mol. The van der Waals surface area contributed by atoms with Crippen molar-refractivity contribution in [3.05, 3.63) is 16.0 Å². The van der Waals surface area contributed by atoms with E-state index in [1.54, 1.807) is 0 Å². The Morgan fingerprint density at radius 3 is 2.60 bits per heavy atom. The largest absolute Gasteiger partial charge is 0.465 e. The Balaban J connectivity index is 1.72. The lowest BCUT2D eigenvalue weighted by molar-refractivity contribution is -0.907. The van der Waals surface area contributed by atoms with Crippen molar-refractivity contribution in [3.63, 3.8) is 0 Å². The van der Waals surface area contributed by atoms with Crippen LogP contribution in [0.1, 0.15) is 47.5 Å². The minimum atomic E-state index is -0.351. The number of methoxy groups -OCH3 is 1. The molecule has 0 saturated carbocycles. The number of rotatable bonds is 4. The first kappa shape index (κ1) is 18.4. The molecule has 7 heteroatoms. The molecule has 1 amide bonds. The van der Waals surface area contributed by atoms with Crippen molar-refractivity contribution >= 4 is 28.2 Å². The molecule has 2 atom stereocenters. The quantitative estimate of drug-likeness (QED) is 0.781. The van der Waals surface area contributed by atoms with Crippen LogP contribution >= 0.6 is 11.3 Å². The number of nitrogens with one attached hydrogen (secondary N) is 2. The van der Waals surface area contributed by atoms with Crippen LogP contribution in [-0.2, 0) is 27.1 Å². The van der Waals surface area contributed by atoms with E-state index in [1.165, 1.54) is 28.2 Å². The lowest BCUT2D eigenvalue weighted by Crippen LogP contribution is -3.16. The highest BCUT2D eigenvalue weighted by atomic mass is 32.1. The van der Waals surface area contributed by atoms with Crippen LogP contribution in [0.15, 0.2) is 0 Å². The van der Waals surface area contributed by atoms with E-state index in [0.717, 1.165) is 44.3 Å². The lowest BCUT2D eigenvalue weighted by Gasteiger charge is -2.31. The van der Waals surface area contributed by atoms with Crippen LogP contribution in [-0.4, -0.2) is 50.8 Å². The summed E-state index contributed by atoms with van der Waals surface area (Å²) in [5.74, 6) is -0.407. The molecule has 1 fully saturated rings. The van der Waals surface area contributed by atoms with Crippen LogP contribution < -0.4 is 10.2 Å². The van der Waals surface area contributed by atoms with Gasteiger partial charge < -0.3 is 19.7 Å². The number of esters is 1. The number of hydrogen-bond donors (Lipinski definition) is 2. The summed E-state index contributed by atoms with van der Waals surface area (Å²) in [6.07, 6.45) is 4.39. The Hall–Kier alpha value is -1.44. The summed E-state index contributed by atoms with van der Waals surface area (Å²) in [6, 6.07) is 0. The van der Waals surface area contributed by atoms with E-state index in [2.05, 4.69) is 5.32 Å². The highest BCUT2D eigenvalue weighted by molar-refractivity contribution is 7.17. The molecule has 1 aromatic heterocycles. The Kier molecular flexibility index (Phi) is 5.76. The number of thiophene rings is 1. The number of morpholine rings is 1. The predicted octanol–water partition coefficient (Wildman–Crippen LogP) is 1.04. The first-order valence-corrected chi connectivity index (χ1v) is 9.81. The van der Waals surface area contributed by atoms with Crippen LogP contribution in [0.5, 0.6) is 0 Å². The lowest BCUT2D eigenvalue weighted by atomic mass is 9.95. The van der Waals surface area contributed by atoms with Crippen molar-refractivity contribution in [2.45, 2.75) is 51.7 Å². The maximum Gasteiger partial charge on any atom is 0.341 e. The zero-order valence-electron chi connectivity index (χ0n) is 15.1. The second-order valence-electron chi connectivity index (χ2n) is 7.05. The molecule has 1 aliphatic heterocycles. The van der Waals surface area contributed by atoms with Gasteiger partial charge in [-0.3, -0.25) is 4.79 Å². The molecule has 2 aliphatic rings. The summed E-state index contributed by atoms with van der Waals surface area (Å²) in [7, 11) is 1.39. The predicted molar refractivity (Wildman–Crippen MR) is 96.5 cm³/mol. The topological polar surface area (TPSA) is 69.1 Å². The van der Waals surface area contributed by atoms with Gasteiger partial charge in [-0.2, -0.15) is 0 Å². The van der Waals surface area contributed by atoms with Gasteiger partial charge in [0.1, 0.15) is 30.3 Å². The maximum absolute atomic E-state index is 12.6. The second-order valence-corrected chi connectivity index (χ2v) is 8.15. The first-order chi connectivity index (χ1) is 12.0. The molecule has 0 aromatic carbocycles. The van der Waals surface area contributed by atoms with Crippen molar-refractivity contribution in [2.75, 3.05) is 32.1 Å². The van der Waals surface area contributed by atoms with Gasteiger partial charge in [-0.25, -0.2) is 4.79 Å². The van der Waals surface area contributed by atoms with E-state index in [1.807, 2.05) is 13.8 Å². The number of amides is 1. The first-order valence-electron chi connectivity index (χ1n) is 8.99. The van der Waals surface area contributed by atoms with Crippen molar-refractivity contribution < 1.29 is 24.0 Å². The van der Waals surface area contributed by atoms with Crippen molar-refractivity contribution in [1.82, 2.24) is 0 Å². The summed E-state index contributed by atoms with van der Waals surface area (Å²) >= 11 is 1.53. The van der Waals surface area contributed by atoms with E-state index < -0.39 is 0 Å². The van der Waals surface area contributed by atoms with Crippen LogP contribution in [0.4, 0.5) is 5.00 Å². The van der Waals surface area contributed by atoms with Crippen molar-refractivity contribution in [1.29, 1.82) is 0 Å². The maximum atomic E-state index is 12.6. The van der Waals surface area contributed by atoms with E-state index in [-0.39, 0.29) is 24.1 Å².